The molecule has 0 saturated heterocycles. The first-order chi connectivity index (χ1) is 10.7. The van der Waals surface area contributed by atoms with Gasteiger partial charge in [-0.3, -0.25) is 9.20 Å². The van der Waals surface area contributed by atoms with Crippen molar-refractivity contribution in [2.45, 2.75) is 0 Å². The second-order valence-corrected chi connectivity index (χ2v) is 5.07. The van der Waals surface area contributed by atoms with E-state index in [1.165, 1.54) is 0 Å². The number of anilines is 1. The van der Waals surface area contributed by atoms with E-state index in [1.54, 1.807) is 41.2 Å². The number of halogens is 1. The molecule has 1 aromatic carbocycles. The van der Waals surface area contributed by atoms with Gasteiger partial charge in [0.05, 0.1) is 10.7 Å². The minimum Gasteiger partial charge on any atom is -0.454 e. The fourth-order valence-corrected chi connectivity index (χ4v) is 2.47. The predicted molar refractivity (Wildman–Crippen MR) is 78.5 cm³/mol. The van der Waals surface area contributed by atoms with E-state index in [9.17, 15) is 4.79 Å². The third-order valence-electron chi connectivity index (χ3n) is 3.24. The lowest BCUT2D eigenvalue weighted by atomic mass is 10.2. The smallest absolute Gasteiger partial charge is 0.255 e. The van der Waals surface area contributed by atoms with Crippen LogP contribution in [-0.2, 0) is 0 Å². The molecular weight excluding hydrogens is 308 g/mol. The molecule has 110 valence electrons. The fraction of sp³-hybridized carbons (Fsp3) is 0.0714. The molecule has 0 unspecified atom stereocenters. The largest absolute Gasteiger partial charge is 0.454 e. The second kappa shape index (κ2) is 4.88. The van der Waals surface area contributed by atoms with Crippen LogP contribution in [-0.4, -0.2) is 27.3 Å². The van der Waals surface area contributed by atoms with Gasteiger partial charge in [-0.15, -0.1) is 10.2 Å². The molecule has 0 bridgehead atoms. The highest BCUT2D eigenvalue weighted by Crippen LogP contribution is 2.39. The topological polar surface area (TPSA) is 77.8 Å². The van der Waals surface area contributed by atoms with Crippen molar-refractivity contribution < 1.29 is 14.3 Å². The number of benzene rings is 1. The first kappa shape index (κ1) is 12.9. The van der Waals surface area contributed by atoms with Crippen LogP contribution in [0.2, 0.25) is 5.02 Å². The number of nitrogens with one attached hydrogen (secondary N) is 1. The summed E-state index contributed by atoms with van der Waals surface area (Å²) in [6.45, 7) is 0.102. The molecule has 7 nitrogen and oxygen atoms in total. The van der Waals surface area contributed by atoms with Gasteiger partial charge in [-0.1, -0.05) is 11.6 Å². The number of pyridine rings is 1. The van der Waals surface area contributed by atoms with Crippen molar-refractivity contribution in [1.82, 2.24) is 14.6 Å². The SMILES string of the molecule is O=C(Nc1ccc2nncn2c1)c1cc(Cl)c2c(c1)OCO2. The normalized spacial score (nSPS) is 12.6. The maximum atomic E-state index is 12.3. The molecule has 3 aromatic rings. The van der Waals surface area contributed by atoms with Crippen molar-refractivity contribution in [2.75, 3.05) is 12.1 Å². The lowest BCUT2D eigenvalue weighted by Crippen LogP contribution is -2.12. The van der Waals surface area contributed by atoms with Crippen molar-refractivity contribution in [3.8, 4) is 11.5 Å². The van der Waals surface area contributed by atoms with Gasteiger partial charge in [0.25, 0.3) is 5.91 Å². The van der Waals surface area contributed by atoms with Crippen LogP contribution in [0.3, 0.4) is 0 Å². The van der Waals surface area contributed by atoms with Crippen LogP contribution in [0, 0.1) is 0 Å². The Morgan fingerprint density at radius 1 is 1.32 bits per heavy atom. The van der Waals surface area contributed by atoms with Crippen LogP contribution < -0.4 is 14.8 Å². The summed E-state index contributed by atoms with van der Waals surface area (Å²) >= 11 is 6.08. The van der Waals surface area contributed by atoms with Gasteiger partial charge in [0.1, 0.15) is 6.33 Å². The molecule has 1 aliphatic heterocycles. The van der Waals surface area contributed by atoms with Gasteiger partial charge in [-0.05, 0) is 24.3 Å². The van der Waals surface area contributed by atoms with Crippen molar-refractivity contribution in [2.24, 2.45) is 0 Å². The van der Waals surface area contributed by atoms with E-state index in [2.05, 4.69) is 15.5 Å². The van der Waals surface area contributed by atoms with Gasteiger partial charge in [0, 0.05) is 11.8 Å². The summed E-state index contributed by atoms with van der Waals surface area (Å²) < 4.78 is 12.2. The summed E-state index contributed by atoms with van der Waals surface area (Å²) in [6.07, 6.45) is 3.28. The zero-order valence-electron chi connectivity index (χ0n) is 11.1. The number of carbonyl (C=O) groups excluding carboxylic acids is 1. The van der Waals surface area contributed by atoms with E-state index in [0.29, 0.717) is 33.4 Å². The maximum Gasteiger partial charge on any atom is 0.255 e. The van der Waals surface area contributed by atoms with Crippen molar-refractivity contribution in [1.29, 1.82) is 0 Å². The third kappa shape index (κ3) is 2.11. The quantitative estimate of drug-likeness (QED) is 0.785. The number of hydrogen-bond acceptors (Lipinski definition) is 5. The zero-order valence-corrected chi connectivity index (χ0v) is 11.9. The highest BCUT2D eigenvalue weighted by molar-refractivity contribution is 6.32. The molecule has 3 heterocycles. The van der Waals surface area contributed by atoms with Gasteiger partial charge in [0.15, 0.2) is 17.1 Å². The van der Waals surface area contributed by atoms with E-state index in [4.69, 9.17) is 21.1 Å². The minimum absolute atomic E-state index is 0.102. The van der Waals surface area contributed by atoms with Crippen molar-refractivity contribution in [3.63, 3.8) is 0 Å². The Morgan fingerprint density at radius 3 is 3.14 bits per heavy atom. The average molecular weight is 317 g/mol. The molecule has 8 heteroatoms. The van der Waals surface area contributed by atoms with E-state index in [1.807, 2.05) is 0 Å². The van der Waals surface area contributed by atoms with Crippen LogP contribution in [0.4, 0.5) is 5.69 Å². The van der Waals surface area contributed by atoms with Crippen LogP contribution in [0.25, 0.3) is 5.65 Å². The summed E-state index contributed by atoms with van der Waals surface area (Å²) in [4.78, 5) is 12.3. The number of amides is 1. The first-order valence-electron chi connectivity index (χ1n) is 6.40. The van der Waals surface area contributed by atoms with Gasteiger partial charge < -0.3 is 14.8 Å². The lowest BCUT2D eigenvalue weighted by Gasteiger charge is -2.07. The molecule has 2 aromatic heterocycles. The Kier molecular flexibility index (Phi) is 2.87. The Hall–Kier alpha value is -2.80. The molecule has 0 aliphatic carbocycles. The summed E-state index contributed by atoms with van der Waals surface area (Å²) in [5.74, 6) is 0.628. The molecule has 1 aliphatic rings. The molecule has 0 radical (unpaired) electrons. The summed E-state index contributed by atoms with van der Waals surface area (Å²) in [5.41, 5.74) is 1.70. The highest BCUT2D eigenvalue weighted by Gasteiger charge is 2.20. The summed E-state index contributed by atoms with van der Waals surface area (Å²) in [6, 6.07) is 6.65. The van der Waals surface area contributed by atoms with E-state index >= 15 is 0 Å². The van der Waals surface area contributed by atoms with Gasteiger partial charge in [-0.25, -0.2) is 0 Å². The number of rotatable bonds is 2. The number of carbonyl (C=O) groups is 1. The number of hydrogen-bond donors (Lipinski definition) is 1. The molecule has 22 heavy (non-hydrogen) atoms. The zero-order chi connectivity index (χ0) is 15.1. The Bertz CT molecular complexity index is 893. The van der Waals surface area contributed by atoms with Crippen LogP contribution >= 0.6 is 11.6 Å². The fourth-order valence-electron chi connectivity index (χ4n) is 2.20. The van der Waals surface area contributed by atoms with E-state index < -0.39 is 0 Å². The molecule has 1 N–H and O–H groups in total. The highest BCUT2D eigenvalue weighted by atomic mass is 35.5. The van der Waals surface area contributed by atoms with Crippen molar-refractivity contribution in [3.05, 3.63) is 47.4 Å². The predicted octanol–water partition coefficient (Wildman–Crippen LogP) is 2.36. The Morgan fingerprint density at radius 2 is 2.23 bits per heavy atom. The number of fused-ring (bicyclic) bond motifs is 2. The van der Waals surface area contributed by atoms with Gasteiger partial charge >= 0.3 is 0 Å². The number of nitrogens with zero attached hydrogens (tertiary/aromatic N) is 3. The van der Waals surface area contributed by atoms with E-state index in [0.717, 1.165) is 0 Å². The monoisotopic (exact) mass is 316 g/mol. The van der Waals surface area contributed by atoms with Gasteiger partial charge in [-0.2, -0.15) is 0 Å². The molecule has 4 rings (SSSR count). The summed E-state index contributed by atoms with van der Waals surface area (Å²) in [7, 11) is 0. The number of ether oxygens (including phenoxy) is 2. The molecule has 0 spiro atoms. The third-order valence-corrected chi connectivity index (χ3v) is 3.52. The lowest BCUT2D eigenvalue weighted by molar-refractivity contribution is 0.102. The molecule has 1 amide bonds. The average Bonchev–Trinajstić information content (AvgIpc) is 3.15. The molecular formula is C14H9ClN4O3. The van der Waals surface area contributed by atoms with Gasteiger partial charge in [0.2, 0.25) is 6.79 Å². The Labute approximate surface area is 129 Å². The standard InChI is InChI=1S/C14H9ClN4O3/c15-10-3-8(4-11-13(10)22-7-21-11)14(20)17-9-1-2-12-18-16-6-19(12)5-9/h1-6H,7H2,(H,17,20). The molecule has 0 fully saturated rings. The number of aromatic nitrogens is 3. The van der Waals surface area contributed by atoms with E-state index in [-0.39, 0.29) is 12.7 Å². The molecule has 0 atom stereocenters. The Balaban J connectivity index is 1.63. The van der Waals surface area contributed by atoms with Crippen LogP contribution in [0.1, 0.15) is 10.4 Å². The first-order valence-corrected chi connectivity index (χ1v) is 6.78. The van der Waals surface area contributed by atoms with Crippen molar-refractivity contribution >= 4 is 28.8 Å². The van der Waals surface area contributed by atoms with Crippen LogP contribution in [0.5, 0.6) is 11.5 Å². The minimum atomic E-state index is -0.298. The molecule has 0 saturated carbocycles. The summed E-state index contributed by atoms with van der Waals surface area (Å²) in [5, 5.41) is 10.8. The van der Waals surface area contributed by atoms with Crippen LogP contribution in [0.15, 0.2) is 36.8 Å². The maximum absolute atomic E-state index is 12.3. The second-order valence-electron chi connectivity index (χ2n) is 4.66.